The molecule has 0 aliphatic carbocycles. The number of rotatable bonds is 6. The number of likely N-dealkylation sites (tertiary alicyclic amines) is 1. The van der Waals surface area contributed by atoms with Crippen molar-refractivity contribution in [2.24, 2.45) is 0 Å². The Hall–Kier alpha value is -1.42. The quantitative estimate of drug-likeness (QED) is 0.752. The molecule has 1 aliphatic heterocycles. The van der Waals surface area contributed by atoms with Gasteiger partial charge in [0.25, 0.3) is 0 Å². The van der Waals surface area contributed by atoms with Crippen molar-refractivity contribution < 1.29 is 9.18 Å². The lowest BCUT2D eigenvalue weighted by molar-refractivity contribution is -0.128. The Balaban J connectivity index is 1.98. The molecule has 1 saturated heterocycles. The van der Waals surface area contributed by atoms with Gasteiger partial charge in [-0.25, -0.2) is 4.39 Å². The summed E-state index contributed by atoms with van der Waals surface area (Å²) in [4.78, 5) is 15.7. The van der Waals surface area contributed by atoms with Crippen LogP contribution in [0, 0.1) is 5.82 Å². The molecular formula is C17H25FN2O. The van der Waals surface area contributed by atoms with Crippen LogP contribution in [0.3, 0.4) is 0 Å². The van der Waals surface area contributed by atoms with Crippen LogP contribution in [0.25, 0.3) is 0 Å². The second kappa shape index (κ2) is 7.55. The normalized spacial score (nSPS) is 19.7. The fourth-order valence-corrected chi connectivity index (χ4v) is 3.03. The third-order valence-corrected chi connectivity index (χ3v) is 4.24. The van der Waals surface area contributed by atoms with Crippen molar-refractivity contribution in [1.29, 1.82) is 0 Å². The minimum atomic E-state index is -0.193. The van der Waals surface area contributed by atoms with E-state index in [9.17, 15) is 9.18 Å². The zero-order valence-electron chi connectivity index (χ0n) is 13.0. The largest absolute Gasteiger partial charge is 0.327 e. The smallest absolute Gasteiger partial charge is 0.211 e. The number of carbonyl (C=O) groups excluding carboxylic acids is 1. The standard InChI is InChI=1S/C17H25FN2O/c1-14(2)20(13-21)17-5-3-4-11-19(17)12-10-15-6-8-16(18)9-7-15/h6-9,13-14,17H,3-5,10-12H2,1-2H3. The predicted molar refractivity (Wildman–Crippen MR) is 82.4 cm³/mol. The highest BCUT2D eigenvalue weighted by Crippen LogP contribution is 2.21. The van der Waals surface area contributed by atoms with Gasteiger partial charge in [-0.2, -0.15) is 0 Å². The van der Waals surface area contributed by atoms with Crippen molar-refractivity contribution in [3.63, 3.8) is 0 Å². The van der Waals surface area contributed by atoms with Crippen LogP contribution in [0.2, 0.25) is 0 Å². The molecule has 1 heterocycles. The van der Waals surface area contributed by atoms with Crippen molar-refractivity contribution in [1.82, 2.24) is 9.80 Å². The number of piperidine rings is 1. The van der Waals surface area contributed by atoms with Crippen LogP contribution in [0.5, 0.6) is 0 Å². The third kappa shape index (κ3) is 4.27. The summed E-state index contributed by atoms with van der Waals surface area (Å²) in [5.41, 5.74) is 1.14. The second-order valence-electron chi connectivity index (χ2n) is 6.04. The number of carbonyl (C=O) groups is 1. The molecule has 1 atom stereocenters. The molecule has 1 aliphatic rings. The van der Waals surface area contributed by atoms with Crippen LogP contribution in [-0.4, -0.2) is 41.5 Å². The summed E-state index contributed by atoms with van der Waals surface area (Å²) in [6, 6.07) is 6.92. The molecule has 116 valence electrons. The zero-order valence-corrected chi connectivity index (χ0v) is 13.0. The first-order valence-corrected chi connectivity index (χ1v) is 7.83. The maximum atomic E-state index is 12.9. The van der Waals surface area contributed by atoms with E-state index in [0.717, 1.165) is 37.9 Å². The lowest BCUT2D eigenvalue weighted by Gasteiger charge is -2.42. The Morgan fingerprint density at radius 1 is 1.33 bits per heavy atom. The topological polar surface area (TPSA) is 23.6 Å². The number of amides is 1. The first-order valence-electron chi connectivity index (χ1n) is 7.83. The summed E-state index contributed by atoms with van der Waals surface area (Å²) < 4.78 is 12.9. The number of hydrogen-bond acceptors (Lipinski definition) is 2. The van der Waals surface area contributed by atoms with E-state index < -0.39 is 0 Å². The van der Waals surface area contributed by atoms with E-state index in [1.165, 1.54) is 25.0 Å². The Bertz CT molecular complexity index is 447. The van der Waals surface area contributed by atoms with Gasteiger partial charge >= 0.3 is 0 Å². The van der Waals surface area contributed by atoms with E-state index in [4.69, 9.17) is 0 Å². The lowest BCUT2D eigenvalue weighted by Crippen LogP contribution is -2.53. The second-order valence-corrected chi connectivity index (χ2v) is 6.04. The van der Waals surface area contributed by atoms with Crippen LogP contribution in [-0.2, 0) is 11.2 Å². The van der Waals surface area contributed by atoms with E-state index >= 15 is 0 Å². The molecule has 0 aromatic heterocycles. The molecule has 1 amide bonds. The van der Waals surface area contributed by atoms with Gasteiger partial charge in [-0.05, 0) is 57.2 Å². The highest BCUT2D eigenvalue weighted by Gasteiger charge is 2.28. The minimum absolute atomic E-state index is 0.193. The Morgan fingerprint density at radius 2 is 2.05 bits per heavy atom. The van der Waals surface area contributed by atoms with Gasteiger partial charge < -0.3 is 4.90 Å². The van der Waals surface area contributed by atoms with Crippen molar-refractivity contribution in [3.8, 4) is 0 Å². The predicted octanol–water partition coefficient (Wildman–Crippen LogP) is 3.05. The van der Waals surface area contributed by atoms with Crippen molar-refractivity contribution in [2.75, 3.05) is 13.1 Å². The first kappa shape index (κ1) is 16.0. The molecule has 0 saturated carbocycles. The molecule has 0 N–H and O–H groups in total. The van der Waals surface area contributed by atoms with Crippen LogP contribution in [0.1, 0.15) is 38.7 Å². The zero-order chi connectivity index (χ0) is 15.2. The highest BCUT2D eigenvalue weighted by molar-refractivity contribution is 5.48. The monoisotopic (exact) mass is 292 g/mol. The van der Waals surface area contributed by atoms with Gasteiger partial charge in [0.2, 0.25) is 6.41 Å². The van der Waals surface area contributed by atoms with E-state index in [1.807, 2.05) is 17.0 Å². The maximum Gasteiger partial charge on any atom is 0.211 e. The third-order valence-electron chi connectivity index (χ3n) is 4.24. The molecule has 2 rings (SSSR count). The summed E-state index contributed by atoms with van der Waals surface area (Å²) >= 11 is 0. The van der Waals surface area contributed by atoms with Gasteiger partial charge in [0.1, 0.15) is 5.82 Å². The van der Waals surface area contributed by atoms with Gasteiger partial charge in [-0.3, -0.25) is 9.69 Å². The molecule has 4 heteroatoms. The van der Waals surface area contributed by atoms with E-state index in [0.29, 0.717) is 0 Å². The molecule has 1 aromatic carbocycles. The molecule has 0 spiro atoms. The molecule has 0 radical (unpaired) electrons. The van der Waals surface area contributed by atoms with E-state index in [1.54, 1.807) is 0 Å². The molecule has 3 nitrogen and oxygen atoms in total. The first-order chi connectivity index (χ1) is 10.1. The van der Waals surface area contributed by atoms with Crippen molar-refractivity contribution >= 4 is 6.41 Å². The Morgan fingerprint density at radius 3 is 2.67 bits per heavy atom. The molecule has 1 fully saturated rings. The highest BCUT2D eigenvalue weighted by atomic mass is 19.1. The van der Waals surface area contributed by atoms with Gasteiger partial charge in [0.05, 0.1) is 6.17 Å². The minimum Gasteiger partial charge on any atom is -0.327 e. The summed E-state index contributed by atoms with van der Waals surface area (Å²) in [6.07, 6.45) is 5.48. The summed E-state index contributed by atoms with van der Waals surface area (Å²) in [5, 5.41) is 0. The molecule has 1 aromatic rings. The average Bonchev–Trinajstić information content (AvgIpc) is 2.48. The van der Waals surface area contributed by atoms with Gasteiger partial charge in [-0.1, -0.05) is 12.1 Å². The lowest BCUT2D eigenvalue weighted by atomic mass is 10.0. The van der Waals surface area contributed by atoms with Gasteiger partial charge in [0, 0.05) is 19.1 Å². The molecule has 0 bridgehead atoms. The van der Waals surface area contributed by atoms with Gasteiger partial charge in [-0.15, -0.1) is 0 Å². The number of nitrogens with zero attached hydrogens (tertiary/aromatic N) is 2. The van der Waals surface area contributed by atoms with Crippen molar-refractivity contribution in [3.05, 3.63) is 35.6 Å². The van der Waals surface area contributed by atoms with Crippen LogP contribution in [0.4, 0.5) is 4.39 Å². The van der Waals surface area contributed by atoms with E-state index in [-0.39, 0.29) is 18.0 Å². The van der Waals surface area contributed by atoms with Crippen LogP contribution >= 0.6 is 0 Å². The Labute approximate surface area is 126 Å². The summed E-state index contributed by atoms with van der Waals surface area (Å²) in [7, 11) is 0. The molecule has 1 unspecified atom stereocenters. The number of hydrogen-bond donors (Lipinski definition) is 0. The van der Waals surface area contributed by atoms with Gasteiger partial charge in [0.15, 0.2) is 0 Å². The SMILES string of the molecule is CC(C)N(C=O)C1CCCCN1CCc1ccc(F)cc1. The molecular weight excluding hydrogens is 267 g/mol. The average molecular weight is 292 g/mol. The van der Waals surface area contributed by atoms with Crippen molar-refractivity contribution in [2.45, 2.75) is 51.7 Å². The summed E-state index contributed by atoms with van der Waals surface area (Å²) in [6.45, 7) is 6.05. The molecule has 21 heavy (non-hydrogen) atoms. The maximum absolute atomic E-state index is 12.9. The van der Waals surface area contributed by atoms with Crippen LogP contribution < -0.4 is 0 Å². The fraction of sp³-hybridized carbons (Fsp3) is 0.588. The number of benzene rings is 1. The fourth-order valence-electron chi connectivity index (χ4n) is 3.03. The van der Waals surface area contributed by atoms with E-state index in [2.05, 4.69) is 18.7 Å². The number of halogens is 1. The summed E-state index contributed by atoms with van der Waals surface area (Å²) in [5.74, 6) is -0.193. The van der Waals surface area contributed by atoms with Crippen LogP contribution in [0.15, 0.2) is 24.3 Å². The Kier molecular flexibility index (Phi) is 5.74.